The molecule has 0 fully saturated rings. The number of aliphatic carboxylic acids is 1. The van der Waals surface area contributed by atoms with Crippen LogP contribution in [0, 0.1) is 0 Å². The molecule has 0 saturated heterocycles. The molecule has 1 aliphatic rings. The average molecular weight is 248 g/mol. The van der Waals surface area contributed by atoms with Crippen molar-refractivity contribution in [2.75, 3.05) is 0 Å². The molecule has 0 radical (unpaired) electrons. The van der Waals surface area contributed by atoms with E-state index in [4.69, 9.17) is 9.84 Å². The van der Waals surface area contributed by atoms with Crippen LogP contribution in [0.2, 0.25) is 0 Å². The molecule has 1 unspecified atom stereocenters. The normalized spacial score (nSPS) is 20.9. The molecule has 1 aromatic rings. The Kier molecular flexibility index (Phi) is 3.60. The van der Waals surface area contributed by atoms with Crippen LogP contribution in [0.25, 0.3) is 0 Å². The zero-order valence-corrected chi connectivity index (χ0v) is 11.0. The van der Waals surface area contributed by atoms with E-state index in [1.807, 2.05) is 18.2 Å². The third-order valence-corrected chi connectivity index (χ3v) is 3.56. The van der Waals surface area contributed by atoms with E-state index in [1.54, 1.807) is 0 Å². The molecule has 2 rings (SSSR count). The number of para-hydroxylation sites is 1. The standard InChI is InChI=1S/C15H20O3/c1-15(2)10-11(6-5-9-14(16)17)18-13-8-4-3-7-12(13)15/h3-4,7-8,11H,5-6,9-10H2,1-2H3,(H,16,17). The second-order valence-electron chi connectivity index (χ2n) is 5.61. The average Bonchev–Trinajstić information content (AvgIpc) is 2.27. The number of fused-ring (bicyclic) bond motifs is 1. The maximum atomic E-state index is 10.5. The van der Waals surface area contributed by atoms with Crippen LogP contribution in [0.4, 0.5) is 0 Å². The van der Waals surface area contributed by atoms with E-state index in [-0.39, 0.29) is 17.9 Å². The highest BCUT2D eigenvalue weighted by Gasteiger charge is 2.33. The van der Waals surface area contributed by atoms with Gasteiger partial charge in [-0.25, -0.2) is 0 Å². The van der Waals surface area contributed by atoms with Crippen molar-refractivity contribution in [1.82, 2.24) is 0 Å². The largest absolute Gasteiger partial charge is 0.490 e. The molecule has 0 aliphatic carbocycles. The molecule has 3 heteroatoms. The van der Waals surface area contributed by atoms with Gasteiger partial charge in [0.25, 0.3) is 0 Å². The lowest BCUT2D eigenvalue weighted by Gasteiger charge is -2.37. The lowest BCUT2D eigenvalue weighted by atomic mass is 9.76. The van der Waals surface area contributed by atoms with Crippen molar-refractivity contribution >= 4 is 5.97 Å². The maximum Gasteiger partial charge on any atom is 0.303 e. The zero-order chi connectivity index (χ0) is 13.2. The minimum absolute atomic E-state index is 0.0999. The number of carbonyl (C=O) groups is 1. The van der Waals surface area contributed by atoms with E-state index in [0.717, 1.165) is 18.6 Å². The maximum absolute atomic E-state index is 10.5. The molecule has 0 bridgehead atoms. The van der Waals surface area contributed by atoms with Crippen LogP contribution in [0.3, 0.4) is 0 Å². The van der Waals surface area contributed by atoms with Gasteiger partial charge in [-0.05, 0) is 36.3 Å². The number of carboxylic acid groups (broad SMARTS) is 1. The summed E-state index contributed by atoms with van der Waals surface area (Å²) in [5.41, 5.74) is 1.35. The predicted molar refractivity (Wildman–Crippen MR) is 70.0 cm³/mol. The van der Waals surface area contributed by atoms with E-state index >= 15 is 0 Å². The summed E-state index contributed by atoms with van der Waals surface area (Å²) < 4.78 is 5.96. The Balaban J connectivity index is 2.05. The van der Waals surface area contributed by atoms with Gasteiger partial charge in [-0.1, -0.05) is 32.0 Å². The van der Waals surface area contributed by atoms with Gasteiger partial charge < -0.3 is 9.84 Å². The number of rotatable bonds is 4. The second-order valence-corrected chi connectivity index (χ2v) is 5.61. The van der Waals surface area contributed by atoms with Crippen LogP contribution in [0.15, 0.2) is 24.3 Å². The van der Waals surface area contributed by atoms with Gasteiger partial charge in [-0.2, -0.15) is 0 Å². The summed E-state index contributed by atoms with van der Waals surface area (Å²) in [7, 11) is 0. The van der Waals surface area contributed by atoms with Crippen LogP contribution in [-0.4, -0.2) is 17.2 Å². The SMILES string of the molecule is CC1(C)CC(CCCC(=O)O)Oc2ccccc21. The quantitative estimate of drug-likeness (QED) is 0.888. The third kappa shape index (κ3) is 2.84. The van der Waals surface area contributed by atoms with Crippen molar-refractivity contribution in [3.05, 3.63) is 29.8 Å². The molecule has 98 valence electrons. The molecule has 3 nitrogen and oxygen atoms in total. The Morgan fingerprint density at radius 2 is 2.17 bits per heavy atom. The molecule has 1 N–H and O–H groups in total. The van der Waals surface area contributed by atoms with Gasteiger partial charge in [0.15, 0.2) is 0 Å². The van der Waals surface area contributed by atoms with Crippen molar-refractivity contribution in [3.63, 3.8) is 0 Å². The van der Waals surface area contributed by atoms with Crippen molar-refractivity contribution in [3.8, 4) is 5.75 Å². The van der Waals surface area contributed by atoms with E-state index in [0.29, 0.717) is 6.42 Å². The molecule has 1 heterocycles. The first-order valence-electron chi connectivity index (χ1n) is 6.47. The van der Waals surface area contributed by atoms with E-state index in [1.165, 1.54) is 5.56 Å². The summed E-state index contributed by atoms with van der Waals surface area (Å²) in [5, 5.41) is 8.66. The Hall–Kier alpha value is -1.51. The number of hydrogen-bond donors (Lipinski definition) is 1. The number of benzene rings is 1. The van der Waals surface area contributed by atoms with Crippen molar-refractivity contribution in [1.29, 1.82) is 0 Å². The zero-order valence-electron chi connectivity index (χ0n) is 11.0. The molecular weight excluding hydrogens is 228 g/mol. The predicted octanol–water partition coefficient (Wildman–Crippen LogP) is 3.37. The molecule has 1 aromatic carbocycles. The number of hydrogen-bond acceptors (Lipinski definition) is 2. The first-order chi connectivity index (χ1) is 8.49. The van der Waals surface area contributed by atoms with E-state index in [9.17, 15) is 4.79 Å². The first kappa shape index (κ1) is 12.9. The Labute approximate surface area is 108 Å². The van der Waals surface area contributed by atoms with Gasteiger partial charge in [0.2, 0.25) is 0 Å². The number of ether oxygens (including phenoxy) is 1. The lowest BCUT2D eigenvalue weighted by molar-refractivity contribution is -0.137. The van der Waals surface area contributed by atoms with Gasteiger partial charge in [0, 0.05) is 6.42 Å². The highest BCUT2D eigenvalue weighted by atomic mass is 16.5. The summed E-state index contributed by atoms with van der Waals surface area (Å²) in [6.07, 6.45) is 2.79. The topological polar surface area (TPSA) is 46.5 Å². The lowest BCUT2D eigenvalue weighted by Crippen LogP contribution is -2.34. The van der Waals surface area contributed by atoms with Crippen LogP contribution < -0.4 is 4.74 Å². The van der Waals surface area contributed by atoms with Crippen LogP contribution in [0.5, 0.6) is 5.75 Å². The smallest absolute Gasteiger partial charge is 0.303 e. The third-order valence-electron chi connectivity index (χ3n) is 3.56. The van der Waals surface area contributed by atoms with Crippen molar-refractivity contribution in [2.24, 2.45) is 0 Å². The summed E-state index contributed by atoms with van der Waals surface area (Å²) in [5.74, 6) is 0.222. The monoisotopic (exact) mass is 248 g/mol. The minimum atomic E-state index is -0.731. The highest BCUT2D eigenvalue weighted by Crippen LogP contribution is 2.41. The number of carboxylic acids is 1. The van der Waals surface area contributed by atoms with Gasteiger partial charge in [0.05, 0.1) is 6.10 Å². The van der Waals surface area contributed by atoms with Gasteiger partial charge in [-0.15, -0.1) is 0 Å². The van der Waals surface area contributed by atoms with Crippen LogP contribution in [0.1, 0.15) is 45.1 Å². The van der Waals surface area contributed by atoms with Crippen molar-refractivity contribution < 1.29 is 14.6 Å². The molecule has 0 saturated carbocycles. The summed E-state index contributed by atoms with van der Waals surface area (Å²) in [6, 6.07) is 8.13. The van der Waals surface area contributed by atoms with Gasteiger partial charge in [-0.3, -0.25) is 4.79 Å². The molecular formula is C15H20O3. The van der Waals surface area contributed by atoms with E-state index in [2.05, 4.69) is 19.9 Å². The van der Waals surface area contributed by atoms with E-state index < -0.39 is 5.97 Å². The fourth-order valence-corrected chi connectivity index (χ4v) is 2.67. The molecule has 0 spiro atoms. The first-order valence-corrected chi connectivity index (χ1v) is 6.47. The molecule has 1 aliphatic heterocycles. The van der Waals surface area contributed by atoms with Crippen LogP contribution >= 0.6 is 0 Å². The molecule has 0 amide bonds. The fourth-order valence-electron chi connectivity index (χ4n) is 2.67. The highest BCUT2D eigenvalue weighted by molar-refractivity contribution is 5.66. The summed E-state index contributed by atoms with van der Waals surface area (Å²) in [6.45, 7) is 4.44. The second kappa shape index (κ2) is 5.01. The fraction of sp³-hybridized carbons (Fsp3) is 0.533. The summed E-state index contributed by atoms with van der Waals surface area (Å²) >= 11 is 0. The molecule has 1 atom stereocenters. The Bertz CT molecular complexity index is 437. The van der Waals surface area contributed by atoms with Crippen molar-refractivity contribution in [2.45, 2.75) is 51.0 Å². The van der Waals surface area contributed by atoms with Gasteiger partial charge >= 0.3 is 5.97 Å². The Morgan fingerprint density at radius 3 is 2.89 bits per heavy atom. The molecule has 18 heavy (non-hydrogen) atoms. The minimum Gasteiger partial charge on any atom is -0.490 e. The van der Waals surface area contributed by atoms with Crippen LogP contribution in [-0.2, 0) is 10.2 Å². The molecule has 0 aromatic heterocycles. The van der Waals surface area contributed by atoms with Gasteiger partial charge in [0.1, 0.15) is 5.75 Å². The summed E-state index contributed by atoms with van der Waals surface area (Å²) in [4.78, 5) is 10.5. The Morgan fingerprint density at radius 1 is 1.44 bits per heavy atom.